The summed E-state index contributed by atoms with van der Waals surface area (Å²) in [6.07, 6.45) is 1.65. The summed E-state index contributed by atoms with van der Waals surface area (Å²) in [7, 11) is 0. The van der Waals surface area contributed by atoms with Crippen LogP contribution in [0, 0.1) is 0 Å². The number of nitrogens with zero attached hydrogens (tertiary/aromatic N) is 3. The van der Waals surface area contributed by atoms with Crippen molar-refractivity contribution in [3.63, 3.8) is 0 Å². The molecule has 0 bridgehead atoms. The van der Waals surface area contributed by atoms with Gasteiger partial charge in [0.05, 0.1) is 24.0 Å². The van der Waals surface area contributed by atoms with E-state index in [1.807, 2.05) is 44.2 Å². The van der Waals surface area contributed by atoms with Crippen molar-refractivity contribution >= 4 is 5.95 Å². The van der Waals surface area contributed by atoms with Crippen LogP contribution in [0.25, 0.3) is 0 Å². The van der Waals surface area contributed by atoms with E-state index in [1.54, 1.807) is 0 Å². The van der Waals surface area contributed by atoms with Gasteiger partial charge in [-0.2, -0.15) is 5.10 Å². The van der Waals surface area contributed by atoms with Gasteiger partial charge in [-0.25, -0.2) is 4.98 Å². The summed E-state index contributed by atoms with van der Waals surface area (Å²) in [5.41, 5.74) is 2.88. The summed E-state index contributed by atoms with van der Waals surface area (Å²) in [5, 5.41) is 20.9. The van der Waals surface area contributed by atoms with E-state index in [-0.39, 0.29) is 12.6 Å². The van der Waals surface area contributed by atoms with Gasteiger partial charge in [0.1, 0.15) is 0 Å². The molecule has 106 valence electrons. The SMILES string of the molecule is CCc1nnc(NC(CO)c2ccccc2)nc1CC. The summed E-state index contributed by atoms with van der Waals surface area (Å²) < 4.78 is 0. The van der Waals surface area contributed by atoms with Gasteiger partial charge < -0.3 is 10.4 Å². The molecule has 5 nitrogen and oxygen atoms in total. The molecule has 1 atom stereocenters. The zero-order valence-electron chi connectivity index (χ0n) is 11.9. The maximum absolute atomic E-state index is 9.53. The van der Waals surface area contributed by atoms with Gasteiger partial charge in [-0.1, -0.05) is 44.2 Å². The van der Waals surface area contributed by atoms with Gasteiger partial charge in [0.2, 0.25) is 5.95 Å². The van der Waals surface area contributed by atoms with Crippen LogP contribution in [-0.4, -0.2) is 26.9 Å². The Hall–Kier alpha value is -2.01. The number of aryl methyl sites for hydroxylation is 2. The minimum absolute atomic E-state index is 0.0235. The first kappa shape index (κ1) is 14.4. The standard InChI is InChI=1S/C15H20N4O/c1-3-12-13(4-2)18-19-15(16-12)17-14(10-20)11-8-6-5-7-9-11/h5-9,14,20H,3-4,10H2,1-2H3,(H,16,17,19). The predicted octanol–water partition coefficient (Wildman–Crippen LogP) is 2.14. The number of benzene rings is 1. The van der Waals surface area contributed by atoms with Crippen LogP contribution in [0.2, 0.25) is 0 Å². The van der Waals surface area contributed by atoms with E-state index in [0.29, 0.717) is 5.95 Å². The number of hydrogen-bond acceptors (Lipinski definition) is 5. The second kappa shape index (κ2) is 6.96. The molecule has 2 N–H and O–H groups in total. The first-order chi connectivity index (χ1) is 9.78. The molecule has 0 radical (unpaired) electrons. The lowest BCUT2D eigenvalue weighted by Gasteiger charge is -2.17. The van der Waals surface area contributed by atoms with E-state index >= 15 is 0 Å². The van der Waals surface area contributed by atoms with Crippen molar-refractivity contribution in [2.75, 3.05) is 11.9 Å². The second-order valence-corrected chi connectivity index (χ2v) is 4.53. The van der Waals surface area contributed by atoms with Crippen molar-refractivity contribution in [3.05, 3.63) is 47.3 Å². The first-order valence-corrected chi connectivity index (χ1v) is 6.93. The van der Waals surface area contributed by atoms with Crippen LogP contribution < -0.4 is 5.32 Å². The Labute approximate surface area is 119 Å². The molecule has 2 rings (SSSR count). The average molecular weight is 272 g/mol. The van der Waals surface area contributed by atoms with Crippen LogP contribution in [0.1, 0.15) is 36.8 Å². The molecule has 5 heteroatoms. The topological polar surface area (TPSA) is 70.9 Å². The normalized spacial score (nSPS) is 12.2. The van der Waals surface area contributed by atoms with Gasteiger partial charge in [-0.15, -0.1) is 5.10 Å². The van der Waals surface area contributed by atoms with Crippen molar-refractivity contribution in [2.24, 2.45) is 0 Å². The predicted molar refractivity (Wildman–Crippen MR) is 78.5 cm³/mol. The fourth-order valence-corrected chi connectivity index (χ4v) is 2.07. The molecule has 0 amide bonds. The highest BCUT2D eigenvalue weighted by Gasteiger charge is 2.13. The van der Waals surface area contributed by atoms with Gasteiger partial charge in [-0.05, 0) is 18.4 Å². The molecule has 0 aliphatic carbocycles. The molecule has 1 unspecified atom stereocenters. The molecule has 1 heterocycles. The van der Waals surface area contributed by atoms with Gasteiger partial charge in [0, 0.05) is 0 Å². The minimum Gasteiger partial charge on any atom is -0.394 e. The van der Waals surface area contributed by atoms with Crippen molar-refractivity contribution in [2.45, 2.75) is 32.7 Å². The minimum atomic E-state index is -0.227. The number of anilines is 1. The van der Waals surface area contributed by atoms with Gasteiger partial charge in [0.25, 0.3) is 0 Å². The fraction of sp³-hybridized carbons (Fsp3) is 0.400. The van der Waals surface area contributed by atoms with Crippen LogP contribution in [0.15, 0.2) is 30.3 Å². The highest BCUT2D eigenvalue weighted by Crippen LogP contribution is 2.17. The lowest BCUT2D eigenvalue weighted by atomic mass is 10.1. The van der Waals surface area contributed by atoms with Crippen molar-refractivity contribution in [3.8, 4) is 0 Å². The third-order valence-electron chi connectivity index (χ3n) is 3.20. The van der Waals surface area contributed by atoms with E-state index in [2.05, 4.69) is 20.5 Å². The molecule has 0 aliphatic heterocycles. The zero-order valence-corrected chi connectivity index (χ0v) is 11.9. The monoisotopic (exact) mass is 272 g/mol. The molecule has 0 spiro atoms. The first-order valence-electron chi connectivity index (χ1n) is 6.93. The number of hydrogen-bond donors (Lipinski definition) is 2. The molecule has 0 saturated carbocycles. The molecular formula is C15H20N4O. The Morgan fingerprint density at radius 2 is 1.75 bits per heavy atom. The van der Waals surface area contributed by atoms with Crippen molar-refractivity contribution in [1.82, 2.24) is 15.2 Å². The van der Waals surface area contributed by atoms with Crippen LogP contribution in [0.4, 0.5) is 5.95 Å². The number of nitrogens with one attached hydrogen (secondary N) is 1. The third-order valence-corrected chi connectivity index (χ3v) is 3.20. The summed E-state index contributed by atoms with van der Waals surface area (Å²) in [4.78, 5) is 4.48. The van der Waals surface area contributed by atoms with E-state index in [4.69, 9.17) is 0 Å². The maximum Gasteiger partial charge on any atom is 0.243 e. The highest BCUT2D eigenvalue weighted by atomic mass is 16.3. The Bertz CT molecular complexity index is 545. The zero-order chi connectivity index (χ0) is 14.4. The van der Waals surface area contributed by atoms with Crippen molar-refractivity contribution in [1.29, 1.82) is 0 Å². The molecule has 20 heavy (non-hydrogen) atoms. The molecule has 0 saturated heterocycles. The number of rotatable bonds is 6. The maximum atomic E-state index is 9.53. The van der Waals surface area contributed by atoms with Gasteiger partial charge in [0.15, 0.2) is 0 Å². The molecule has 0 aliphatic rings. The molecule has 1 aromatic carbocycles. The third kappa shape index (κ3) is 3.30. The van der Waals surface area contributed by atoms with Crippen LogP contribution in [0.5, 0.6) is 0 Å². The highest BCUT2D eigenvalue weighted by molar-refractivity contribution is 5.32. The second-order valence-electron chi connectivity index (χ2n) is 4.53. The number of aromatic nitrogens is 3. The van der Waals surface area contributed by atoms with Crippen LogP contribution >= 0.6 is 0 Å². The van der Waals surface area contributed by atoms with E-state index in [9.17, 15) is 5.11 Å². The van der Waals surface area contributed by atoms with Gasteiger partial charge in [-0.3, -0.25) is 0 Å². The summed E-state index contributed by atoms with van der Waals surface area (Å²) in [5.74, 6) is 0.460. The number of aliphatic hydroxyl groups is 1. The van der Waals surface area contributed by atoms with Gasteiger partial charge >= 0.3 is 0 Å². The quantitative estimate of drug-likeness (QED) is 0.843. The average Bonchev–Trinajstić information content (AvgIpc) is 2.53. The van der Waals surface area contributed by atoms with Crippen LogP contribution in [0.3, 0.4) is 0 Å². The Morgan fingerprint density at radius 3 is 2.35 bits per heavy atom. The molecule has 0 fully saturated rings. The molecule has 1 aromatic heterocycles. The van der Waals surface area contributed by atoms with E-state index in [1.165, 1.54) is 0 Å². The largest absolute Gasteiger partial charge is 0.394 e. The summed E-state index contributed by atoms with van der Waals surface area (Å²) in [6.45, 7) is 4.07. The lowest BCUT2D eigenvalue weighted by molar-refractivity contribution is 0.275. The molecule has 2 aromatic rings. The Morgan fingerprint density at radius 1 is 1.05 bits per heavy atom. The Kier molecular flexibility index (Phi) is 5.01. The number of aliphatic hydroxyl groups excluding tert-OH is 1. The smallest absolute Gasteiger partial charge is 0.243 e. The Balaban J connectivity index is 2.20. The van der Waals surface area contributed by atoms with Crippen molar-refractivity contribution < 1.29 is 5.11 Å². The fourth-order valence-electron chi connectivity index (χ4n) is 2.07. The van der Waals surface area contributed by atoms with Crippen LogP contribution in [-0.2, 0) is 12.8 Å². The lowest BCUT2D eigenvalue weighted by Crippen LogP contribution is -2.18. The summed E-state index contributed by atoms with van der Waals surface area (Å²) >= 11 is 0. The molecular weight excluding hydrogens is 252 g/mol. The van der Waals surface area contributed by atoms with E-state index < -0.39 is 0 Å². The van der Waals surface area contributed by atoms with E-state index in [0.717, 1.165) is 29.8 Å². The summed E-state index contributed by atoms with van der Waals surface area (Å²) in [6, 6.07) is 9.52.